The molecule has 0 radical (unpaired) electrons. The largest absolute Gasteiger partial charge is 0.507 e. The van der Waals surface area contributed by atoms with Crippen LogP contribution in [-0.4, -0.2) is 23.3 Å². The molecule has 150 valence electrons. The van der Waals surface area contributed by atoms with E-state index in [-0.39, 0.29) is 23.1 Å². The minimum Gasteiger partial charge on any atom is -0.507 e. The van der Waals surface area contributed by atoms with E-state index in [1.165, 1.54) is 6.42 Å². The summed E-state index contributed by atoms with van der Waals surface area (Å²) in [6, 6.07) is 11.9. The zero-order valence-electron chi connectivity index (χ0n) is 16.7. The average molecular weight is 382 g/mol. The van der Waals surface area contributed by atoms with Crippen LogP contribution in [0, 0.1) is 11.8 Å². The summed E-state index contributed by atoms with van der Waals surface area (Å²) >= 11 is 0. The molecule has 1 saturated heterocycles. The van der Waals surface area contributed by atoms with Gasteiger partial charge in [0, 0.05) is 30.9 Å². The van der Waals surface area contributed by atoms with E-state index in [2.05, 4.69) is 24.0 Å². The number of aromatic nitrogens is 1. The molecule has 1 aromatic heterocycles. The van der Waals surface area contributed by atoms with E-state index in [4.69, 9.17) is 4.74 Å². The van der Waals surface area contributed by atoms with Crippen LogP contribution in [0.15, 0.2) is 41.2 Å². The molecule has 0 bridgehead atoms. The Morgan fingerprint density at radius 3 is 2.61 bits per heavy atom. The van der Waals surface area contributed by atoms with Gasteiger partial charge in [-0.1, -0.05) is 37.3 Å². The molecule has 1 aromatic carbocycles. The van der Waals surface area contributed by atoms with Gasteiger partial charge in [0.05, 0.1) is 5.56 Å². The predicted octanol–water partition coefficient (Wildman–Crippen LogP) is 4.93. The second-order valence-electron chi connectivity index (χ2n) is 8.50. The maximum Gasteiger partial charge on any atom is 0.255 e. The molecule has 2 N–H and O–H groups in total. The maximum absolute atomic E-state index is 13.1. The van der Waals surface area contributed by atoms with Gasteiger partial charge in [0.15, 0.2) is 0 Å². The monoisotopic (exact) mass is 381 g/mol. The molecule has 1 aliphatic heterocycles. The van der Waals surface area contributed by atoms with E-state index in [9.17, 15) is 9.90 Å². The lowest BCUT2D eigenvalue weighted by Crippen LogP contribution is -2.23. The fraction of sp³-hybridized carbons (Fsp3) is 0.542. The van der Waals surface area contributed by atoms with Crippen molar-refractivity contribution in [2.24, 2.45) is 11.8 Å². The first-order chi connectivity index (χ1) is 13.7. The molecular weight excluding hydrogens is 350 g/mol. The Labute approximate surface area is 167 Å². The third-order valence-corrected chi connectivity index (χ3v) is 6.44. The molecule has 0 spiro atoms. The molecular formula is C24H31NO3. The van der Waals surface area contributed by atoms with Gasteiger partial charge in [0.1, 0.15) is 5.75 Å². The summed E-state index contributed by atoms with van der Waals surface area (Å²) in [6.07, 6.45) is 6.45. The zero-order chi connectivity index (χ0) is 19.5. The molecule has 2 heterocycles. The van der Waals surface area contributed by atoms with Crippen molar-refractivity contribution in [3.05, 3.63) is 63.6 Å². The number of benzene rings is 1. The van der Waals surface area contributed by atoms with Crippen LogP contribution < -0.4 is 5.56 Å². The summed E-state index contributed by atoms with van der Waals surface area (Å²) in [4.78, 5) is 16.2. The lowest BCUT2D eigenvalue weighted by Gasteiger charge is -2.26. The molecule has 4 rings (SSSR count). The van der Waals surface area contributed by atoms with Gasteiger partial charge in [0.2, 0.25) is 0 Å². The van der Waals surface area contributed by atoms with Gasteiger partial charge >= 0.3 is 0 Å². The fourth-order valence-corrected chi connectivity index (χ4v) is 4.77. The first-order valence-corrected chi connectivity index (χ1v) is 10.8. The van der Waals surface area contributed by atoms with Crippen molar-refractivity contribution < 1.29 is 9.84 Å². The smallest absolute Gasteiger partial charge is 0.255 e. The van der Waals surface area contributed by atoms with Crippen LogP contribution >= 0.6 is 0 Å². The highest BCUT2D eigenvalue weighted by atomic mass is 16.5. The number of aromatic hydroxyl groups is 1. The van der Waals surface area contributed by atoms with Crippen LogP contribution in [0.5, 0.6) is 5.75 Å². The van der Waals surface area contributed by atoms with Crippen molar-refractivity contribution in [1.29, 1.82) is 0 Å². The summed E-state index contributed by atoms with van der Waals surface area (Å²) in [5.41, 5.74) is 2.38. The predicted molar refractivity (Wildman–Crippen MR) is 111 cm³/mol. The zero-order valence-corrected chi connectivity index (χ0v) is 16.7. The molecule has 28 heavy (non-hydrogen) atoms. The number of pyridine rings is 1. The molecule has 0 amide bonds. The van der Waals surface area contributed by atoms with Crippen LogP contribution in [-0.2, 0) is 4.74 Å². The lowest BCUT2D eigenvalue weighted by molar-refractivity contribution is 0.0485. The number of rotatable bonds is 7. The third-order valence-electron chi connectivity index (χ3n) is 6.44. The molecule has 3 unspecified atom stereocenters. The van der Waals surface area contributed by atoms with Crippen molar-refractivity contribution >= 4 is 0 Å². The SMILES string of the molecule is CCC(CC1CCCOC1)c1cc(O)c(C(c2ccccc2)C2CC2)c(=O)[nH]1. The molecule has 2 aromatic rings. The number of aromatic amines is 1. The van der Waals surface area contributed by atoms with Gasteiger partial charge in [-0.05, 0) is 61.8 Å². The Balaban J connectivity index is 1.63. The average Bonchev–Trinajstić information content (AvgIpc) is 3.55. The van der Waals surface area contributed by atoms with Crippen molar-refractivity contribution in [3.8, 4) is 5.75 Å². The second kappa shape index (κ2) is 8.52. The van der Waals surface area contributed by atoms with Crippen molar-refractivity contribution in [1.82, 2.24) is 4.98 Å². The van der Waals surface area contributed by atoms with Crippen LogP contribution in [0.1, 0.15) is 74.1 Å². The Hall–Kier alpha value is -2.07. The number of hydrogen-bond donors (Lipinski definition) is 2. The maximum atomic E-state index is 13.1. The van der Waals surface area contributed by atoms with E-state index >= 15 is 0 Å². The normalized spacial score (nSPS) is 22.0. The van der Waals surface area contributed by atoms with Crippen LogP contribution in [0.3, 0.4) is 0 Å². The van der Waals surface area contributed by atoms with Gasteiger partial charge in [-0.2, -0.15) is 0 Å². The molecule has 2 fully saturated rings. The molecule has 2 aliphatic rings. The van der Waals surface area contributed by atoms with E-state index in [0.717, 1.165) is 56.6 Å². The lowest BCUT2D eigenvalue weighted by atomic mass is 9.84. The minimum absolute atomic E-state index is 0.0224. The highest BCUT2D eigenvalue weighted by Crippen LogP contribution is 2.47. The van der Waals surface area contributed by atoms with Gasteiger partial charge < -0.3 is 14.8 Å². The highest BCUT2D eigenvalue weighted by Gasteiger charge is 2.37. The number of H-pyrrole nitrogens is 1. The van der Waals surface area contributed by atoms with Gasteiger partial charge in [0.25, 0.3) is 5.56 Å². The molecule has 1 saturated carbocycles. The van der Waals surface area contributed by atoms with Crippen molar-refractivity contribution in [3.63, 3.8) is 0 Å². The van der Waals surface area contributed by atoms with Crippen LogP contribution in [0.4, 0.5) is 0 Å². The Morgan fingerprint density at radius 1 is 1.21 bits per heavy atom. The van der Waals surface area contributed by atoms with E-state index in [0.29, 0.717) is 17.4 Å². The van der Waals surface area contributed by atoms with E-state index in [1.807, 2.05) is 24.3 Å². The Kier molecular flexibility index (Phi) is 5.86. The fourth-order valence-electron chi connectivity index (χ4n) is 4.77. The quantitative estimate of drug-likeness (QED) is 0.715. The molecule has 3 atom stereocenters. The first kappa shape index (κ1) is 19.3. The van der Waals surface area contributed by atoms with E-state index < -0.39 is 0 Å². The topological polar surface area (TPSA) is 62.3 Å². The number of ether oxygens (including phenoxy) is 1. The van der Waals surface area contributed by atoms with Crippen LogP contribution in [0.25, 0.3) is 0 Å². The van der Waals surface area contributed by atoms with Gasteiger partial charge in [-0.3, -0.25) is 4.79 Å². The number of nitrogens with one attached hydrogen (secondary N) is 1. The standard InChI is InChI=1S/C24H31NO3/c1-2-17(13-16-7-6-12-28-15-16)20-14-21(26)23(24(27)25-20)22(19-10-11-19)18-8-4-3-5-9-18/h3-5,8-9,14,16-17,19,22H,2,6-7,10-13,15H2,1H3,(H2,25,26,27). The molecule has 4 heteroatoms. The summed E-state index contributed by atoms with van der Waals surface area (Å²) in [7, 11) is 0. The number of hydrogen-bond acceptors (Lipinski definition) is 3. The van der Waals surface area contributed by atoms with Gasteiger partial charge in [-0.25, -0.2) is 0 Å². The van der Waals surface area contributed by atoms with Crippen LogP contribution in [0.2, 0.25) is 0 Å². The summed E-state index contributed by atoms with van der Waals surface area (Å²) in [6.45, 7) is 3.82. The van der Waals surface area contributed by atoms with Crippen molar-refractivity contribution in [2.45, 2.75) is 57.3 Å². The third kappa shape index (κ3) is 4.17. The Bertz CT molecular complexity index is 835. The second-order valence-corrected chi connectivity index (χ2v) is 8.50. The highest BCUT2D eigenvalue weighted by molar-refractivity contribution is 5.42. The summed E-state index contributed by atoms with van der Waals surface area (Å²) in [5, 5.41) is 10.9. The van der Waals surface area contributed by atoms with Gasteiger partial charge in [-0.15, -0.1) is 0 Å². The molecule has 4 nitrogen and oxygen atoms in total. The first-order valence-electron chi connectivity index (χ1n) is 10.8. The van der Waals surface area contributed by atoms with E-state index in [1.54, 1.807) is 0 Å². The molecule has 1 aliphatic carbocycles. The summed E-state index contributed by atoms with van der Waals surface area (Å²) < 4.78 is 5.62. The minimum atomic E-state index is -0.130. The Morgan fingerprint density at radius 2 is 2.00 bits per heavy atom. The van der Waals surface area contributed by atoms with Crippen molar-refractivity contribution in [2.75, 3.05) is 13.2 Å². The summed E-state index contributed by atoms with van der Waals surface area (Å²) in [5.74, 6) is 1.35.